The summed E-state index contributed by atoms with van der Waals surface area (Å²) in [5, 5.41) is 9.27. The van der Waals surface area contributed by atoms with E-state index in [-0.39, 0.29) is 0 Å². The summed E-state index contributed by atoms with van der Waals surface area (Å²) < 4.78 is 5.75. The van der Waals surface area contributed by atoms with Crippen molar-refractivity contribution in [2.24, 2.45) is 5.73 Å². The van der Waals surface area contributed by atoms with Crippen LogP contribution in [0.3, 0.4) is 0 Å². The standard InChI is InChI=1S/C27H24N4O/c28-22(17-23(29)13-11-21-18-31-27-7-2-1-6-26(21)27)12-8-20-9-14-25(15-10-20)32-19-24-5-3-4-16-30-24/h1-18,29,31H,19,28H2/b12-8+,13-11+,22-17?,29-23?. The molecule has 0 radical (unpaired) electrons. The number of aromatic nitrogens is 2. The lowest BCUT2D eigenvalue weighted by Gasteiger charge is -2.05. The number of hydrogen-bond donors (Lipinski definition) is 3. The van der Waals surface area contributed by atoms with Crippen LogP contribution >= 0.6 is 0 Å². The van der Waals surface area contributed by atoms with Crippen LogP contribution < -0.4 is 10.5 Å². The van der Waals surface area contributed by atoms with Crippen molar-refractivity contribution in [2.75, 3.05) is 0 Å². The molecule has 32 heavy (non-hydrogen) atoms. The van der Waals surface area contributed by atoms with Gasteiger partial charge in [0.15, 0.2) is 0 Å². The highest BCUT2D eigenvalue weighted by molar-refractivity contribution is 6.06. The van der Waals surface area contributed by atoms with E-state index in [0.717, 1.165) is 33.5 Å². The van der Waals surface area contributed by atoms with Gasteiger partial charge in [-0.3, -0.25) is 4.98 Å². The highest BCUT2D eigenvalue weighted by Gasteiger charge is 1.99. The second-order valence-corrected chi connectivity index (χ2v) is 7.23. The molecule has 0 aliphatic heterocycles. The number of aromatic amines is 1. The number of ether oxygens (including phenoxy) is 1. The zero-order valence-corrected chi connectivity index (χ0v) is 17.5. The summed E-state index contributed by atoms with van der Waals surface area (Å²) in [5.74, 6) is 0.778. The summed E-state index contributed by atoms with van der Waals surface area (Å²) in [5.41, 5.74) is 10.9. The number of nitrogens with zero attached hydrogens (tertiary/aromatic N) is 1. The number of hydrogen-bond acceptors (Lipinski definition) is 4. The Labute approximate surface area is 187 Å². The van der Waals surface area contributed by atoms with Gasteiger partial charge in [0.05, 0.1) is 11.4 Å². The Balaban J connectivity index is 1.32. The van der Waals surface area contributed by atoms with Gasteiger partial charge in [-0.1, -0.05) is 48.6 Å². The first-order valence-electron chi connectivity index (χ1n) is 10.3. The molecular weight excluding hydrogens is 396 g/mol. The normalized spacial score (nSPS) is 12.1. The Hall–Kier alpha value is -4.38. The maximum Gasteiger partial charge on any atom is 0.130 e. The molecule has 2 aromatic heterocycles. The SMILES string of the molecule is N=C(C=C(N)/C=C/c1ccc(OCc2ccccn2)cc1)/C=C/c1c[nH]c2ccccc12. The molecule has 5 nitrogen and oxygen atoms in total. The third-order valence-corrected chi connectivity index (χ3v) is 4.85. The maximum absolute atomic E-state index is 8.15. The molecule has 0 fully saturated rings. The number of nitrogens with two attached hydrogens (primary N) is 1. The molecule has 0 bridgehead atoms. The molecule has 0 aliphatic rings. The fraction of sp³-hybridized carbons (Fsp3) is 0.0370. The lowest BCUT2D eigenvalue weighted by atomic mass is 10.1. The van der Waals surface area contributed by atoms with Crippen LogP contribution in [-0.4, -0.2) is 15.7 Å². The van der Waals surface area contributed by atoms with Crippen molar-refractivity contribution in [1.82, 2.24) is 9.97 Å². The van der Waals surface area contributed by atoms with E-state index in [1.165, 1.54) is 0 Å². The van der Waals surface area contributed by atoms with Gasteiger partial charge in [0.2, 0.25) is 0 Å². The number of rotatable bonds is 8. The molecule has 4 N–H and O–H groups in total. The molecule has 2 aromatic carbocycles. The van der Waals surface area contributed by atoms with Crippen molar-refractivity contribution >= 4 is 28.8 Å². The van der Waals surface area contributed by atoms with Crippen LogP contribution in [0.25, 0.3) is 23.1 Å². The van der Waals surface area contributed by atoms with Crippen molar-refractivity contribution in [3.63, 3.8) is 0 Å². The lowest BCUT2D eigenvalue weighted by molar-refractivity contribution is 0.301. The fourth-order valence-corrected chi connectivity index (χ4v) is 3.20. The minimum absolute atomic E-state index is 0.329. The van der Waals surface area contributed by atoms with E-state index in [1.54, 1.807) is 24.4 Å². The van der Waals surface area contributed by atoms with E-state index in [1.807, 2.05) is 79.0 Å². The second-order valence-electron chi connectivity index (χ2n) is 7.23. The van der Waals surface area contributed by atoms with E-state index in [0.29, 0.717) is 18.0 Å². The zero-order valence-electron chi connectivity index (χ0n) is 17.5. The molecule has 5 heteroatoms. The van der Waals surface area contributed by atoms with Crippen LogP contribution in [0.15, 0.2) is 103 Å². The maximum atomic E-state index is 8.15. The number of fused-ring (bicyclic) bond motifs is 1. The van der Waals surface area contributed by atoms with Gasteiger partial charge < -0.3 is 20.9 Å². The number of para-hydroxylation sites is 1. The van der Waals surface area contributed by atoms with Crippen molar-refractivity contribution in [2.45, 2.75) is 6.61 Å². The smallest absolute Gasteiger partial charge is 0.130 e. The molecule has 0 unspecified atom stereocenters. The Kier molecular flexibility index (Phi) is 6.58. The molecule has 0 aliphatic carbocycles. The number of pyridine rings is 1. The highest BCUT2D eigenvalue weighted by atomic mass is 16.5. The van der Waals surface area contributed by atoms with Crippen LogP contribution in [0.2, 0.25) is 0 Å². The molecular formula is C27H24N4O. The van der Waals surface area contributed by atoms with Gasteiger partial charge in [0.1, 0.15) is 12.4 Å². The van der Waals surface area contributed by atoms with Gasteiger partial charge in [0.25, 0.3) is 0 Å². The molecule has 4 rings (SSSR count). The van der Waals surface area contributed by atoms with Gasteiger partial charge in [-0.05, 0) is 59.7 Å². The van der Waals surface area contributed by atoms with Gasteiger partial charge in [-0.2, -0.15) is 0 Å². The minimum atomic E-state index is 0.329. The van der Waals surface area contributed by atoms with Gasteiger partial charge in [0, 0.05) is 29.0 Å². The Morgan fingerprint density at radius 2 is 1.78 bits per heavy atom. The van der Waals surface area contributed by atoms with Crippen LogP contribution in [0.1, 0.15) is 16.8 Å². The number of nitrogens with one attached hydrogen (secondary N) is 2. The second kappa shape index (κ2) is 10.1. The predicted octanol–water partition coefficient (Wildman–Crippen LogP) is 5.73. The molecule has 0 saturated carbocycles. The highest BCUT2D eigenvalue weighted by Crippen LogP contribution is 2.19. The number of H-pyrrole nitrogens is 1. The Bertz CT molecular complexity index is 1280. The van der Waals surface area contributed by atoms with Crippen molar-refractivity contribution < 1.29 is 4.74 Å². The Morgan fingerprint density at radius 3 is 2.59 bits per heavy atom. The van der Waals surface area contributed by atoms with Crippen molar-refractivity contribution in [3.05, 3.63) is 120 Å². The number of benzene rings is 2. The summed E-state index contributed by atoms with van der Waals surface area (Å²) in [6, 6.07) is 21.6. The quantitative estimate of drug-likeness (QED) is 0.251. The largest absolute Gasteiger partial charge is 0.487 e. The molecule has 0 amide bonds. The van der Waals surface area contributed by atoms with Crippen LogP contribution in [0, 0.1) is 5.41 Å². The predicted molar refractivity (Wildman–Crippen MR) is 131 cm³/mol. The summed E-state index contributed by atoms with van der Waals surface area (Å²) in [7, 11) is 0. The lowest BCUT2D eigenvalue weighted by Crippen LogP contribution is -1.97. The van der Waals surface area contributed by atoms with Crippen LogP contribution in [-0.2, 0) is 6.61 Å². The van der Waals surface area contributed by atoms with Gasteiger partial charge in [-0.25, -0.2) is 0 Å². The topological polar surface area (TPSA) is 87.8 Å². The van der Waals surface area contributed by atoms with E-state index in [4.69, 9.17) is 15.9 Å². The summed E-state index contributed by atoms with van der Waals surface area (Å²) in [4.78, 5) is 7.47. The molecule has 4 aromatic rings. The third kappa shape index (κ3) is 5.61. The third-order valence-electron chi connectivity index (χ3n) is 4.85. The minimum Gasteiger partial charge on any atom is -0.487 e. The number of allylic oxidation sites excluding steroid dienone is 3. The summed E-state index contributed by atoms with van der Waals surface area (Å²) in [6.45, 7) is 0.430. The first-order valence-corrected chi connectivity index (χ1v) is 10.3. The van der Waals surface area contributed by atoms with Crippen LogP contribution in [0.4, 0.5) is 0 Å². The summed E-state index contributed by atoms with van der Waals surface area (Å²) >= 11 is 0. The zero-order chi connectivity index (χ0) is 22.2. The molecule has 0 saturated heterocycles. The molecule has 0 atom stereocenters. The monoisotopic (exact) mass is 420 g/mol. The van der Waals surface area contributed by atoms with Gasteiger partial charge >= 0.3 is 0 Å². The average Bonchev–Trinajstić information content (AvgIpc) is 3.24. The van der Waals surface area contributed by atoms with E-state index in [9.17, 15) is 0 Å². The molecule has 2 heterocycles. The van der Waals surface area contributed by atoms with Crippen molar-refractivity contribution in [3.8, 4) is 5.75 Å². The van der Waals surface area contributed by atoms with Crippen LogP contribution in [0.5, 0.6) is 5.75 Å². The van der Waals surface area contributed by atoms with E-state index < -0.39 is 0 Å². The molecule has 158 valence electrons. The van der Waals surface area contributed by atoms with E-state index in [2.05, 4.69) is 16.0 Å². The van der Waals surface area contributed by atoms with Gasteiger partial charge in [-0.15, -0.1) is 0 Å². The Morgan fingerprint density at radius 1 is 0.969 bits per heavy atom. The average molecular weight is 421 g/mol. The first kappa shape index (κ1) is 20.9. The first-order chi connectivity index (χ1) is 15.7. The van der Waals surface area contributed by atoms with Crippen molar-refractivity contribution in [1.29, 1.82) is 5.41 Å². The molecule has 0 spiro atoms. The van der Waals surface area contributed by atoms with E-state index >= 15 is 0 Å². The summed E-state index contributed by atoms with van der Waals surface area (Å²) in [6.07, 6.45) is 12.7. The fourth-order valence-electron chi connectivity index (χ4n) is 3.20.